The van der Waals surface area contributed by atoms with Crippen molar-refractivity contribution in [3.63, 3.8) is 0 Å². The molecule has 7 nitrogen and oxygen atoms in total. The van der Waals surface area contributed by atoms with Gasteiger partial charge in [-0.15, -0.1) is 11.8 Å². The zero-order valence-electron chi connectivity index (χ0n) is 17.9. The third-order valence-electron chi connectivity index (χ3n) is 2.14. The molecule has 0 aliphatic carbocycles. The molecule has 0 radical (unpaired) electrons. The van der Waals surface area contributed by atoms with E-state index in [1.807, 2.05) is 25.3 Å². The lowest BCUT2D eigenvalue weighted by atomic mass is 10.3. The van der Waals surface area contributed by atoms with Gasteiger partial charge in [0.15, 0.2) is 0 Å². The van der Waals surface area contributed by atoms with Crippen molar-refractivity contribution in [2.75, 3.05) is 54.7 Å². The van der Waals surface area contributed by atoms with Gasteiger partial charge >= 0.3 is 6.03 Å². The first-order valence-electron chi connectivity index (χ1n) is 8.30. The van der Waals surface area contributed by atoms with Crippen LogP contribution in [0.15, 0.2) is 17.3 Å². The van der Waals surface area contributed by atoms with Crippen molar-refractivity contribution in [2.24, 2.45) is 10.9 Å². The monoisotopic (exact) mass is 390 g/mol. The number of thioether (sulfide) groups is 1. The summed E-state index contributed by atoms with van der Waals surface area (Å²) in [7, 11) is 8.56. The van der Waals surface area contributed by atoms with Gasteiger partial charge in [-0.25, -0.2) is 4.79 Å². The van der Waals surface area contributed by atoms with Crippen LogP contribution in [0.1, 0.15) is 20.8 Å². The lowest BCUT2D eigenvalue weighted by molar-refractivity contribution is -0.109. The second-order valence-electron chi connectivity index (χ2n) is 6.49. The highest BCUT2D eigenvalue weighted by Crippen LogP contribution is 1.99. The van der Waals surface area contributed by atoms with Crippen LogP contribution in [0.3, 0.4) is 0 Å². The molecule has 0 saturated carbocycles. The lowest BCUT2D eigenvalue weighted by Crippen LogP contribution is -2.48. The Morgan fingerprint density at radius 2 is 1.73 bits per heavy atom. The molecule has 1 N–H and O–H groups in total. The second-order valence-corrected chi connectivity index (χ2v) is 7.17. The zero-order chi connectivity index (χ0) is 21.1. The van der Waals surface area contributed by atoms with E-state index in [1.54, 1.807) is 26.8 Å². The summed E-state index contributed by atoms with van der Waals surface area (Å²) in [4.78, 5) is 30.0. The minimum Gasteiger partial charge on any atom is -0.388 e. The molecule has 8 heteroatoms. The Morgan fingerprint density at radius 1 is 1.27 bits per heavy atom. The summed E-state index contributed by atoms with van der Waals surface area (Å²) >= 11 is 1.46. The van der Waals surface area contributed by atoms with Crippen LogP contribution in [-0.4, -0.2) is 88.4 Å². The second kappa shape index (κ2) is 19.9. The van der Waals surface area contributed by atoms with E-state index in [9.17, 15) is 9.59 Å². The zero-order valence-corrected chi connectivity index (χ0v) is 18.7. The number of carbonyl (C=O) groups is 2. The van der Waals surface area contributed by atoms with Crippen LogP contribution in [0.25, 0.3) is 0 Å². The topological polar surface area (TPSA) is 74.2 Å². The number of rotatable bonds is 8. The number of ether oxygens (including phenoxy) is 1. The predicted molar refractivity (Wildman–Crippen MR) is 114 cm³/mol. The van der Waals surface area contributed by atoms with Gasteiger partial charge in [0.05, 0.1) is 23.8 Å². The molecule has 0 heterocycles. The minimum atomic E-state index is -0.520. The number of carbonyl (C=O) groups excluding carboxylic acids is 2. The lowest BCUT2D eigenvalue weighted by Gasteiger charge is -2.22. The fourth-order valence-corrected chi connectivity index (χ4v) is 1.55. The molecule has 0 fully saturated rings. The van der Waals surface area contributed by atoms with Gasteiger partial charge in [0.25, 0.3) is 0 Å². The first kappa shape index (κ1) is 29.4. The summed E-state index contributed by atoms with van der Waals surface area (Å²) in [6.45, 7) is 11.0. The van der Waals surface area contributed by atoms with Gasteiger partial charge in [0.1, 0.15) is 6.29 Å². The van der Waals surface area contributed by atoms with Gasteiger partial charge in [-0.1, -0.05) is 27.4 Å². The summed E-state index contributed by atoms with van der Waals surface area (Å²) in [5, 5.41) is 2.64. The molecule has 1 atom stereocenters. The number of aldehydes is 1. The highest BCUT2D eigenvalue weighted by atomic mass is 32.2. The highest BCUT2D eigenvalue weighted by molar-refractivity contribution is 8.11. The van der Waals surface area contributed by atoms with E-state index in [0.29, 0.717) is 18.8 Å². The maximum absolute atomic E-state index is 11.8. The Bertz CT molecular complexity index is 399. The molecule has 0 rings (SSSR count). The number of nitrogens with one attached hydrogen (secondary N) is 1. The van der Waals surface area contributed by atoms with Gasteiger partial charge in [-0.05, 0) is 26.3 Å². The highest BCUT2D eigenvalue weighted by Gasteiger charge is 2.15. The van der Waals surface area contributed by atoms with Crippen LogP contribution >= 0.6 is 11.8 Å². The quantitative estimate of drug-likeness (QED) is 0.392. The molecule has 0 spiro atoms. The molecule has 0 aromatic rings. The summed E-state index contributed by atoms with van der Waals surface area (Å²) < 4.78 is 4.25. The third kappa shape index (κ3) is 24.9. The number of nitrogens with zero attached hydrogens (tertiary/aromatic N) is 3. The fourth-order valence-electron chi connectivity index (χ4n) is 1.30. The van der Waals surface area contributed by atoms with E-state index in [0.717, 1.165) is 12.2 Å². The predicted octanol–water partition coefficient (Wildman–Crippen LogP) is 2.59. The minimum absolute atomic E-state index is 0.316. The Morgan fingerprint density at radius 3 is 2.08 bits per heavy atom. The molecule has 0 aromatic heterocycles. The summed E-state index contributed by atoms with van der Waals surface area (Å²) in [6.07, 6.45) is 2.62. The summed E-state index contributed by atoms with van der Waals surface area (Å²) in [5.74, 6) is 0.833. The smallest absolute Gasteiger partial charge is 0.318 e. The molecule has 0 aliphatic rings. The number of methoxy groups -OCH3 is 1. The first-order chi connectivity index (χ1) is 12.0. The molecule has 0 aromatic carbocycles. The van der Waals surface area contributed by atoms with Crippen LogP contribution in [0.2, 0.25) is 0 Å². The van der Waals surface area contributed by atoms with Crippen molar-refractivity contribution in [1.82, 2.24) is 15.1 Å². The maximum atomic E-state index is 11.8. The Kier molecular flexibility index (Phi) is 22.5. The molecule has 2 amide bonds. The molecule has 26 heavy (non-hydrogen) atoms. The average Bonchev–Trinajstić information content (AvgIpc) is 2.51. The van der Waals surface area contributed by atoms with Crippen molar-refractivity contribution in [3.8, 4) is 0 Å². The molecular formula is C18H38N4O3S. The number of aliphatic imine (C=N–C) groups is 1. The van der Waals surface area contributed by atoms with Crippen molar-refractivity contribution in [2.45, 2.75) is 26.8 Å². The van der Waals surface area contributed by atoms with E-state index < -0.39 is 6.04 Å². The maximum Gasteiger partial charge on any atom is 0.318 e. The molecule has 1 unspecified atom stereocenters. The van der Waals surface area contributed by atoms with E-state index in [-0.39, 0.29) is 6.03 Å². The Labute approximate surface area is 164 Å². The number of urea groups is 1. The Hall–Kier alpha value is -1.38. The van der Waals surface area contributed by atoms with Crippen LogP contribution in [0, 0.1) is 5.92 Å². The molecular weight excluding hydrogens is 352 g/mol. The standard InChI is InChI=1S/C12H22N4O2S.C4H10.C2H6O/c1-10(13-9-19-5)6-16(4)12(18)14-11(8-17)7-15(2)3;1-4(2)3;1-3-2/h8-9,11H,1,6-7H2,2-5H3,(H,14,18);4H,1-3H3;1-2H3. The van der Waals surface area contributed by atoms with Gasteiger partial charge in [-0.2, -0.15) is 0 Å². The molecule has 154 valence electrons. The largest absolute Gasteiger partial charge is 0.388 e. The van der Waals surface area contributed by atoms with Crippen molar-refractivity contribution in [3.05, 3.63) is 12.3 Å². The SMILES string of the molecule is C=C(CN(C)C(=O)NC(C=O)CN(C)C)N=CSC.CC(C)C.COC. The van der Waals surface area contributed by atoms with Gasteiger partial charge in [-0.3, -0.25) is 4.99 Å². The van der Waals surface area contributed by atoms with Crippen molar-refractivity contribution < 1.29 is 14.3 Å². The molecule has 0 bridgehead atoms. The van der Waals surface area contributed by atoms with Crippen LogP contribution in [0.5, 0.6) is 0 Å². The van der Waals surface area contributed by atoms with E-state index in [1.165, 1.54) is 16.7 Å². The summed E-state index contributed by atoms with van der Waals surface area (Å²) in [5.41, 5.74) is 2.25. The van der Waals surface area contributed by atoms with E-state index >= 15 is 0 Å². The van der Waals surface area contributed by atoms with Gasteiger partial charge < -0.3 is 24.6 Å². The van der Waals surface area contributed by atoms with E-state index in [4.69, 9.17) is 0 Å². The number of likely N-dealkylation sites (N-methyl/N-ethyl adjacent to an activating group) is 2. The fraction of sp³-hybridized carbons (Fsp3) is 0.722. The number of amides is 2. The number of hydrogen-bond acceptors (Lipinski definition) is 6. The normalized spacial score (nSPS) is 11.2. The average molecular weight is 391 g/mol. The first-order valence-corrected chi connectivity index (χ1v) is 9.59. The van der Waals surface area contributed by atoms with Crippen molar-refractivity contribution in [1.29, 1.82) is 0 Å². The molecule has 0 aliphatic heterocycles. The van der Waals surface area contributed by atoms with Crippen LogP contribution in [-0.2, 0) is 9.53 Å². The third-order valence-corrected chi connectivity index (χ3v) is 2.46. The van der Waals surface area contributed by atoms with E-state index in [2.05, 4.69) is 42.4 Å². The van der Waals surface area contributed by atoms with Crippen LogP contribution < -0.4 is 5.32 Å². The summed E-state index contributed by atoms with van der Waals surface area (Å²) in [6, 6.07) is -0.840. The molecule has 0 saturated heterocycles. The van der Waals surface area contributed by atoms with Crippen molar-refractivity contribution >= 4 is 29.6 Å². The van der Waals surface area contributed by atoms with Gasteiger partial charge in [0, 0.05) is 27.8 Å². The Balaban J connectivity index is -0.000000643. The van der Waals surface area contributed by atoms with Gasteiger partial charge in [0.2, 0.25) is 0 Å². The van der Waals surface area contributed by atoms with Crippen LogP contribution in [0.4, 0.5) is 4.79 Å². The number of hydrogen-bond donors (Lipinski definition) is 1.